The molecule has 0 spiro atoms. The lowest BCUT2D eigenvalue weighted by molar-refractivity contribution is -0.143. The normalized spacial score (nSPS) is 17.3. The van der Waals surface area contributed by atoms with Crippen molar-refractivity contribution in [3.05, 3.63) is 131 Å². The van der Waals surface area contributed by atoms with Gasteiger partial charge in [-0.25, -0.2) is 13.6 Å². The van der Waals surface area contributed by atoms with Gasteiger partial charge in [-0.05, 0) is 65.2 Å². The number of aliphatic hydroxyl groups excluding tert-OH is 1. The Labute approximate surface area is 300 Å². The highest BCUT2D eigenvalue weighted by Gasteiger charge is 2.49. The fourth-order valence-electron chi connectivity index (χ4n) is 5.54. The van der Waals surface area contributed by atoms with Crippen molar-refractivity contribution in [2.45, 2.75) is 42.7 Å². The molecule has 1 aliphatic rings. The fraction of sp³-hybridized carbons (Fsp3) is 0.263. The van der Waals surface area contributed by atoms with E-state index >= 15 is 0 Å². The van der Waals surface area contributed by atoms with Crippen LogP contribution in [-0.2, 0) is 24.6 Å². The van der Waals surface area contributed by atoms with E-state index < -0.39 is 85.2 Å². The van der Waals surface area contributed by atoms with E-state index in [1.54, 1.807) is 54.6 Å². The van der Waals surface area contributed by atoms with Crippen LogP contribution in [-0.4, -0.2) is 64.1 Å². The van der Waals surface area contributed by atoms with Crippen LogP contribution in [0, 0.1) is 11.6 Å². The van der Waals surface area contributed by atoms with Crippen LogP contribution in [0.1, 0.15) is 45.4 Å². The second kappa shape index (κ2) is 16.2. The number of nitrogens with zero attached hydrogens (tertiary/aromatic N) is 1. The highest BCUT2D eigenvalue weighted by Crippen LogP contribution is 2.46. The van der Waals surface area contributed by atoms with E-state index in [-0.39, 0.29) is 11.7 Å². The minimum atomic E-state index is -1.60. The Morgan fingerprint density at radius 2 is 1.55 bits per heavy atom. The molecule has 51 heavy (non-hydrogen) atoms. The lowest BCUT2D eigenvalue weighted by atomic mass is 9.77. The number of ether oxygens (including phenoxy) is 1. The molecule has 0 aromatic heterocycles. The first-order valence-electron chi connectivity index (χ1n) is 17.2. The van der Waals surface area contributed by atoms with Crippen molar-refractivity contribution in [3.8, 4) is 5.75 Å². The molecule has 13 heteroatoms. The van der Waals surface area contributed by atoms with Crippen LogP contribution in [0.4, 0.5) is 14.5 Å². The summed E-state index contributed by atoms with van der Waals surface area (Å²) < 4.78 is 48.7. The topological polar surface area (TPSA) is 145 Å². The number of nitrogens with one attached hydrogen (secondary N) is 2. The molecule has 266 valence electrons. The van der Waals surface area contributed by atoms with E-state index in [1.165, 1.54) is 65.2 Å². The highest BCUT2D eigenvalue weighted by molar-refractivity contribution is 8.00. The molecule has 1 fully saturated rings. The number of benzene rings is 4. The highest BCUT2D eigenvalue weighted by atomic mass is 32.2. The third-order valence-corrected chi connectivity index (χ3v) is 9.66. The monoisotopic (exact) mass is 719 g/mol. The van der Waals surface area contributed by atoms with Crippen LogP contribution in [0.3, 0.4) is 0 Å². The van der Waals surface area contributed by atoms with Crippen LogP contribution < -0.4 is 20.3 Å². The predicted molar refractivity (Wildman–Crippen MR) is 188 cm³/mol. The molecule has 10 nitrogen and oxygen atoms in total. The average molecular weight is 720 g/mol. The third kappa shape index (κ3) is 8.91. The Morgan fingerprint density at radius 3 is 2.16 bits per heavy atom. The summed E-state index contributed by atoms with van der Waals surface area (Å²) >= 11 is 1.24. The van der Waals surface area contributed by atoms with Gasteiger partial charge >= 0.3 is 5.97 Å². The average Bonchev–Trinajstić information content (AvgIpc) is 3.17. The van der Waals surface area contributed by atoms with Crippen molar-refractivity contribution >= 4 is 41.1 Å². The van der Waals surface area contributed by atoms with Crippen molar-refractivity contribution in [2.24, 2.45) is 0 Å². The molecule has 0 aliphatic carbocycles. The van der Waals surface area contributed by atoms with Crippen LogP contribution in [0.25, 0.3) is 0 Å². The maximum absolute atomic E-state index is 13.7. The first-order valence-corrected chi connectivity index (χ1v) is 16.8. The van der Waals surface area contributed by atoms with E-state index in [0.29, 0.717) is 28.1 Å². The number of amides is 3. The summed E-state index contributed by atoms with van der Waals surface area (Å²) in [4.78, 5) is 52.3. The number of rotatable bonds is 15. The van der Waals surface area contributed by atoms with E-state index in [1.807, 2.05) is 0 Å². The van der Waals surface area contributed by atoms with Gasteiger partial charge in [0.25, 0.3) is 5.91 Å². The van der Waals surface area contributed by atoms with Gasteiger partial charge in [0.2, 0.25) is 11.8 Å². The van der Waals surface area contributed by atoms with Crippen LogP contribution >= 0.6 is 11.8 Å². The van der Waals surface area contributed by atoms with Gasteiger partial charge in [0.05, 0.1) is 18.7 Å². The number of aliphatic hydroxyl groups is 1. The second-order valence-corrected chi connectivity index (χ2v) is 13.1. The second-order valence-electron chi connectivity index (χ2n) is 11.9. The molecule has 0 bridgehead atoms. The number of hydrogen-bond acceptors (Lipinski definition) is 7. The Kier molecular flexibility index (Phi) is 10.8. The minimum absolute atomic E-state index is 0.156. The number of carboxylic acid groups (broad SMARTS) is 1. The number of carboxylic acids is 1. The summed E-state index contributed by atoms with van der Waals surface area (Å²) in [6.45, 7) is -2.00. The Balaban J connectivity index is 1.18. The number of carbonyl (C=O) groups excluding carboxylic acids is 3. The molecule has 3 amide bonds. The molecule has 4 N–H and O–H groups in total. The zero-order valence-corrected chi connectivity index (χ0v) is 28.0. The first kappa shape index (κ1) is 34.2. The number of carbonyl (C=O) groups is 4. The van der Waals surface area contributed by atoms with Crippen LogP contribution in [0.5, 0.6) is 5.75 Å². The van der Waals surface area contributed by atoms with Gasteiger partial charge in [-0.15, -0.1) is 11.8 Å². The molecular weight excluding hydrogens is 680 g/mol. The zero-order chi connectivity index (χ0) is 38.1. The summed E-state index contributed by atoms with van der Waals surface area (Å²) in [5, 5.41) is 24.7. The number of thioether (sulfide) groups is 1. The molecular formula is C38H37F2N3O7S. The summed E-state index contributed by atoms with van der Waals surface area (Å²) in [7, 11) is 0. The van der Waals surface area contributed by atoms with Crippen molar-refractivity contribution in [1.29, 1.82) is 0 Å². The largest absolute Gasteiger partial charge is 0.484 e. The minimum Gasteiger partial charge on any atom is -0.484 e. The van der Waals surface area contributed by atoms with Crippen molar-refractivity contribution in [1.82, 2.24) is 10.6 Å². The van der Waals surface area contributed by atoms with Gasteiger partial charge in [0.15, 0.2) is 6.61 Å². The van der Waals surface area contributed by atoms with Crippen LogP contribution in [0.15, 0.2) is 103 Å². The number of anilines is 1. The van der Waals surface area contributed by atoms with Crippen molar-refractivity contribution < 1.29 is 45.7 Å². The molecule has 4 aromatic rings. The van der Waals surface area contributed by atoms with Crippen molar-refractivity contribution in [2.75, 3.05) is 23.8 Å². The van der Waals surface area contributed by atoms with Gasteiger partial charge in [-0.2, -0.15) is 0 Å². The molecule has 5 rings (SSSR count). The molecule has 0 saturated carbocycles. The third-order valence-electron chi connectivity index (χ3n) is 8.33. The Bertz CT molecular complexity index is 1890. The van der Waals surface area contributed by atoms with E-state index in [2.05, 4.69) is 10.6 Å². The van der Waals surface area contributed by atoms with Gasteiger partial charge in [-0.3, -0.25) is 14.4 Å². The summed E-state index contributed by atoms with van der Waals surface area (Å²) in [5.74, 6) is -3.58. The van der Waals surface area contributed by atoms with Gasteiger partial charge < -0.3 is 30.5 Å². The zero-order valence-electron chi connectivity index (χ0n) is 29.2. The van der Waals surface area contributed by atoms with Gasteiger partial charge in [0.1, 0.15) is 28.7 Å². The molecule has 4 atom stereocenters. The lowest BCUT2D eigenvalue weighted by Gasteiger charge is -2.47. The maximum Gasteiger partial charge on any atom is 0.327 e. The quantitative estimate of drug-likeness (QED) is 0.127. The molecule has 1 saturated heterocycles. The molecule has 0 radical (unpaired) electrons. The fourth-order valence-corrected chi connectivity index (χ4v) is 6.84. The molecule has 1 heterocycles. The molecule has 0 unspecified atom stereocenters. The first-order chi connectivity index (χ1) is 25.5. The van der Waals surface area contributed by atoms with Gasteiger partial charge in [0, 0.05) is 19.6 Å². The SMILES string of the molecule is [2H]CC(C[2H])(c1ccccc1)[C@H](NC(=O)CNC(=O)COc1ccc([C@@H]2[C@@H](SC[C@H](O)c3ccc(F)cc3)C(=O)N2c2ccc(F)cc2)cc1)C(=O)O. The maximum atomic E-state index is 13.7. The number of halogens is 2. The summed E-state index contributed by atoms with van der Waals surface area (Å²) in [5.41, 5.74) is 0.596. The number of hydrogen-bond donors (Lipinski definition) is 4. The summed E-state index contributed by atoms with van der Waals surface area (Å²) in [6, 6.07) is 23.7. The number of aliphatic carboxylic acids is 1. The van der Waals surface area contributed by atoms with E-state index in [4.69, 9.17) is 7.48 Å². The lowest BCUT2D eigenvalue weighted by Crippen LogP contribution is -2.57. The smallest absolute Gasteiger partial charge is 0.327 e. The van der Waals surface area contributed by atoms with Crippen LogP contribution in [0.2, 0.25) is 0 Å². The Hall–Kier alpha value is -5.27. The molecule has 4 aromatic carbocycles. The van der Waals surface area contributed by atoms with E-state index in [0.717, 1.165) is 0 Å². The Morgan fingerprint density at radius 1 is 0.922 bits per heavy atom. The molecule has 1 aliphatic heterocycles. The predicted octanol–water partition coefficient (Wildman–Crippen LogP) is 4.93. The standard InChI is InChI=1S/C38H37F2N3O7S/c1-38(2,25-6-4-3-5-7-25)35(37(48)49)42-31(45)20-41-32(46)21-50-29-18-10-24(11-19-29)33-34(36(47)43(33)28-16-14-27(40)15-17-28)51-22-30(44)23-8-12-26(39)13-9-23/h3-19,30,33-35,44H,20-22H2,1-2H3,(H,41,46)(H,42,45)(H,48,49)/t30-,33+,34+,35+/m0/s1/i1D,2D. The van der Waals surface area contributed by atoms with Crippen molar-refractivity contribution in [3.63, 3.8) is 0 Å². The van der Waals surface area contributed by atoms with Gasteiger partial charge in [-0.1, -0.05) is 68.4 Å². The number of β-lactam (4-membered cyclic amide) rings is 1. The van der Waals surface area contributed by atoms with E-state index in [9.17, 15) is 38.2 Å². The summed E-state index contributed by atoms with van der Waals surface area (Å²) in [6.07, 6.45) is -0.949.